The van der Waals surface area contributed by atoms with E-state index < -0.39 is 0 Å². The fourth-order valence-corrected chi connectivity index (χ4v) is 6.57. The third kappa shape index (κ3) is 7.63. The van der Waals surface area contributed by atoms with Crippen LogP contribution in [0.15, 0.2) is 146 Å². The molecule has 0 radical (unpaired) electrons. The van der Waals surface area contributed by atoms with E-state index >= 15 is 0 Å². The molecule has 0 amide bonds. The highest BCUT2D eigenvalue weighted by molar-refractivity contribution is 5.92. The van der Waals surface area contributed by atoms with E-state index in [0.717, 1.165) is 5.69 Å². The van der Waals surface area contributed by atoms with Crippen LogP contribution in [-0.2, 0) is 10.8 Å². The van der Waals surface area contributed by atoms with Gasteiger partial charge in [-0.15, -0.1) is 0 Å². The van der Waals surface area contributed by atoms with E-state index in [9.17, 15) is 0 Å². The van der Waals surface area contributed by atoms with Crippen molar-refractivity contribution in [2.45, 2.75) is 66.2 Å². The van der Waals surface area contributed by atoms with Crippen molar-refractivity contribution in [2.75, 3.05) is 4.90 Å². The Balaban J connectivity index is 1.40. The molecule has 0 aliphatic rings. The number of benzene rings is 6. The summed E-state index contributed by atoms with van der Waals surface area (Å²) in [6.07, 6.45) is 2.31. The standard InChI is InChI=1S/C48H49N/c1-34-29-36(31-46(37-17-11-9-12-18-37)38-19-13-10-14-20-38)25-27-44(34)45-28-26-43(30-35(45)2)49(41-23-15-21-39(32-41)47(3,4)5)42-24-16-22-40(33-42)48(6,7)8/h9-33H,1-8H3. The summed E-state index contributed by atoms with van der Waals surface area (Å²) >= 11 is 0. The van der Waals surface area contributed by atoms with Gasteiger partial charge in [0.25, 0.3) is 0 Å². The molecule has 0 unspecified atom stereocenters. The van der Waals surface area contributed by atoms with Gasteiger partial charge in [-0.1, -0.05) is 151 Å². The first kappa shape index (κ1) is 33.7. The van der Waals surface area contributed by atoms with Gasteiger partial charge in [0, 0.05) is 17.1 Å². The van der Waals surface area contributed by atoms with Gasteiger partial charge in [0.15, 0.2) is 0 Å². The normalized spacial score (nSPS) is 11.7. The van der Waals surface area contributed by atoms with E-state index in [-0.39, 0.29) is 10.8 Å². The summed E-state index contributed by atoms with van der Waals surface area (Å²) in [7, 11) is 0. The molecule has 0 N–H and O–H groups in total. The molecule has 1 heteroatoms. The molecular formula is C48H49N. The van der Waals surface area contributed by atoms with Crippen LogP contribution < -0.4 is 4.90 Å². The average Bonchev–Trinajstić information content (AvgIpc) is 3.08. The summed E-state index contributed by atoms with van der Waals surface area (Å²) in [5, 5.41) is 0. The highest BCUT2D eigenvalue weighted by Crippen LogP contribution is 2.40. The molecule has 6 rings (SSSR count). The fourth-order valence-electron chi connectivity index (χ4n) is 6.57. The second-order valence-corrected chi connectivity index (χ2v) is 15.3. The molecule has 246 valence electrons. The molecule has 0 heterocycles. The Morgan fingerprint density at radius 3 is 1.35 bits per heavy atom. The zero-order valence-corrected chi connectivity index (χ0v) is 30.4. The van der Waals surface area contributed by atoms with Crippen LogP contribution in [0.5, 0.6) is 0 Å². The van der Waals surface area contributed by atoms with E-state index in [0.29, 0.717) is 0 Å². The minimum atomic E-state index is 0.0521. The summed E-state index contributed by atoms with van der Waals surface area (Å²) in [5.74, 6) is 0. The van der Waals surface area contributed by atoms with Crippen molar-refractivity contribution in [1.29, 1.82) is 0 Å². The number of hydrogen-bond acceptors (Lipinski definition) is 1. The molecule has 6 aromatic rings. The zero-order chi connectivity index (χ0) is 34.8. The summed E-state index contributed by atoms with van der Waals surface area (Å²) in [6.45, 7) is 18.2. The van der Waals surface area contributed by atoms with Crippen LogP contribution in [0.3, 0.4) is 0 Å². The van der Waals surface area contributed by atoms with Crippen molar-refractivity contribution < 1.29 is 0 Å². The van der Waals surface area contributed by atoms with E-state index in [1.807, 2.05) is 0 Å². The highest BCUT2D eigenvalue weighted by Gasteiger charge is 2.21. The van der Waals surface area contributed by atoms with E-state index in [1.54, 1.807) is 0 Å². The molecule has 0 atom stereocenters. The predicted molar refractivity (Wildman–Crippen MR) is 213 cm³/mol. The minimum absolute atomic E-state index is 0.0521. The van der Waals surface area contributed by atoms with Crippen LogP contribution in [0, 0.1) is 13.8 Å². The maximum absolute atomic E-state index is 2.41. The third-order valence-corrected chi connectivity index (χ3v) is 9.43. The number of aryl methyl sites for hydroxylation is 2. The van der Waals surface area contributed by atoms with Crippen LogP contribution in [0.4, 0.5) is 17.1 Å². The number of nitrogens with zero attached hydrogens (tertiary/aromatic N) is 1. The van der Waals surface area contributed by atoms with E-state index in [4.69, 9.17) is 0 Å². The molecule has 0 aromatic heterocycles. The largest absolute Gasteiger partial charge is 0.310 e. The lowest BCUT2D eigenvalue weighted by Gasteiger charge is -2.30. The average molecular weight is 640 g/mol. The maximum Gasteiger partial charge on any atom is 0.0464 e. The van der Waals surface area contributed by atoms with Gasteiger partial charge in [0.2, 0.25) is 0 Å². The topological polar surface area (TPSA) is 3.24 Å². The summed E-state index contributed by atoms with van der Waals surface area (Å²) in [6, 6.07) is 53.2. The van der Waals surface area contributed by atoms with Crippen molar-refractivity contribution in [3.63, 3.8) is 0 Å². The molecule has 0 fully saturated rings. The van der Waals surface area contributed by atoms with Gasteiger partial charge in [-0.05, 0) is 123 Å². The number of anilines is 3. The minimum Gasteiger partial charge on any atom is -0.310 e. The first-order valence-electron chi connectivity index (χ1n) is 17.4. The van der Waals surface area contributed by atoms with Crippen LogP contribution in [-0.4, -0.2) is 0 Å². The van der Waals surface area contributed by atoms with Crippen molar-refractivity contribution in [1.82, 2.24) is 0 Å². The Morgan fingerprint density at radius 1 is 0.449 bits per heavy atom. The Morgan fingerprint density at radius 2 is 0.898 bits per heavy atom. The van der Waals surface area contributed by atoms with Crippen molar-refractivity contribution in [2.24, 2.45) is 0 Å². The van der Waals surface area contributed by atoms with E-state index in [2.05, 4.69) is 212 Å². The lowest BCUT2D eigenvalue weighted by molar-refractivity contribution is 0.590. The third-order valence-electron chi connectivity index (χ3n) is 9.43. The van der Waals surface area contributed by atoms with Gasteiger partial charge in [0.05, 0.1) is 0 Å². The van der Waals surface area contributed by atoms with Crippen LogP contribution in [0.25, 0.3) is 22.8 Å². The molecule has 0 saturated heterocycles. The second-order valence-electron chi connectivity index (χ2n) is 15.3. The SMILES string of the molecule is Cc1cc(C=C(c2ccccc2)c2ccccc2)ccc1-c1ccc(N(c2cccc(C(C)(C)C)c2)c2cccc(C(C)(C)C)c2)cc1C. The zero-order valence-electron chi connectivity index (χ0n) is 30.4. The predicted octanol–water partition coefficient (Wildman–Crippen LogP) is 13.6. The Bertz CT molecular complexity index is 1990. The molecule has 0 aliphatic heterocycles. The molecule has 0 saturated carbocycles. The lowest BCUT2D eigenvalue weighted by Crippen LogP contribution is -2.16. The van der Waals surface area contributed by atoms with Gasteiger partial charge in [0.1, 0.15) is 0 Å². The van der Waals surface area contributed by atoms with Crippen molar-refractivity contribution in [3.05, 3.63) is 185 Å². The second kappa shape index (κ2) is 13.8. The van der Waals surface area contributed by atoms with Gasteiger partial charge in [-0.25, -0.2) is 0 Å². The van der Waals surface area contributed by atoms with Crippen LogP contribution >= 0.6 is 0 Å². The van der Waals surface area contributed by atoms with Gasteiger partial charge in [-0.3, -0.25) is 0 Å². The summed E-state index contributed by atoms with van der Waals surface area (Å²) in [5.41, 5.74) is 16.1. The first-order chi connectivity index (χ1) is 23.4. The Labute approximate surface area is 294 Å². The smallest absolute Gasteiger partial charge is 0.0464 e. The van der Waals surface area contributed by atoms with Gasteiger partial charge >= 0.3 is 0 Å². The monoisotopic (exact) mass is 639 g/mol. The Kier molecular flexibility index (Phi) is 9.48. The van der Waals surface area contributed by atoms with Crippen molar-refractivity contribution in [3.8, 4) is 11.1 Å². The maximum atomic E-state index is 2.41. The molecular weight excluding hydrogens is 591 g/mol. The molecule has 6 aromatic carbocycles. The fraction of sp³-hybridized carbons (Fsp3) is 0.208. The summed E-state index contributed by atoms with van der Waals surface area (Å²) < 4.78 is 0. The molecule has 0 bridgehead atoms. The number of hydrogen-bond donors (Lipinski definition) is 0. The number of rotatable bonds is 7. The van der Waals surface area contributed by atoms with Crippen molar-refractivity contribution >= 4 is 28.7 Å². The van der Waals surface area contributed by atoms with Gasteiger partial charge in [-0.2, -0.15) is 0 Å². The van der Waals surface area contributed by atoms with E-state index in [1.165, 1.54) is 67.0 Å². The molecule has 0 aliphatic carbocycles. The van der Waals surface area contributed by atoms with Crippen LogP contribution in [0.2, 0.25) is 0 Å². The quantitative estimate of drug-likeness (QED) is 0.157. The molecule has 0 spiro atoms. The van der Waals surface area contributed by atoms with Gasteiger partial charge < -0.3 is 4.90 Å². The molecule has 1 nitrogen and oxygen atoms in total. The summed E-state index contributed by atoms with van der Waals surface area (Å²) in [4.78, 5) is 2.41. The molecule has 49 heavy (non-hydrogen) atoms. The first-order valence-corrected chi connectivity index (χ1v) is 17.4. The van der Waals surface area contributed by atoms with Crippen LogP contribution in [0.1, 0.15) is 80.5 Å². The lowest BCUT2D eigenvalue weighted by atomic mass is 9.86. The highest BCUT2D eigenvalue weighted by atomic mass is 15.1. The Hall–Kier alpha value is -5.14.